The minimum absolute atomic E-state index is 0.322. The van der Waals surface area contributed by atoms with Gasteiger partial charge in [-0.15, -0.1) is 5.10 Å². The van der Waals surface area contributed by atoms with Crippen molar-refractivity contribution in [3.63, 3.8) is 0 Å². The van der Waals surface area contributed by atoms with Crippen molar-refractivity contribution in [3.05, 3.63) is 51.8 Å². The van der Waals surface area contributed by atoms with Crippen molar-refractivity contribution in [1.29, 1.82) is 0 Å². The Morgan fingerprint density at radius 1 is 1.26 bits per heavy atom. The average molecular weight is 372 g/mol. The Morgan fingerprint density at radius 2 is 2.04 bits per heavy atom. The SMILES string of the molecule is NC(=O)c1c(Nc2ccc(Br)cc2)nn2c3c(cnc12)CCC3. The summed E-state index contributed by atoms with van der Waals surface area (Å²) >= 11 is 3.40. The zero-order valence-corrected chi connectivity index (χ0v) is 13.8. The molecule has 0 aliphatic heterocycles. The van der Waals surface area contributed by atoms with Crippen molar-refractivity contribution in [2.45, 2.75) is 19.3 Å². The van der Waals surface area contributed by atoms with Gasteiger partial charge in [0.1, 0.15) is 5.56 Å². The number of aryl methyl sites for hydroxylation is 2. The number of amides is 1. The number of hydrogen-bond acceptors (Lipinski definition) is 4. The standard InChI is InChI=1S/C16H14BrN5O/c17-10-4-6-11(7-5-10)20-15-13(14(18)23)16-19-8-9-2-1-3-12(9)22(16)21-15/h4-8H,1-3H2,(H2,18,23)(H,20,21). The minimum Gasteiger partial charge on any atom is -0.365 e. The summed E-state index contributed by atoms with van der Waals surface area (Å²) in [6, 6.07) is 7.63. The first-order valence-electron chi connectivity index (χ1n) is 7.35. The molecule has 0 atom stereocenters. The number of benzene rings is 1. The molecular weight excluding hydrogens is 358 g/mol. The van der Waals surface area contributed by atoms with Crippen LogP contribution in [-0.4, -0.2) is 20.5 Å². The number of carbonyl (C=O) groups is 1. The van der Waals surface area contributed by atoms with Gasteiger partial charge in [0.25, 0.3) is 5.91 Å². The molecule has 7 heteroatoms. The van der Waals surface area contributed by atoms with Gasteiger partial charge in [0.05, 0.1) is 0 Å². The highest BCUT2D eigenvalue weighted by atomic mass is 79.9. The van der Waals surface area contributed by atoms with E-state index in [2.05, 4.69) is 31.3 Å². The van der Waals surface area contributed by atoms with Crippen LogP contribution in [0.1, 0.15) is 28.0 Å². The van der Waals surface area contributed by atoms with E-state index in [4.69, 9.17) is 5.73 Å². The normalized spacial score (nSPS) is 13.3. The van der Waals surface area contributed by atoms with Crippen LogP contribution in [0.15, 0.2) is 34.9 Å². The van der Waals surface area contributed by atoms with E-state index < -0.39 is 5.91 Å². The van der Waals surface area contributed by atoms with Crippen LogP contribution in [0, 0.1) is 0 Å². The fourth-order valence-electron chi connectivity index (χ4n) is 2.97. The molecule has 1 amide bonds. The summed E-state index contributed by atoms with van der Waals surface area (Å²) in [4.78, 5) is 16.3. The molecule has 1 aliphatic carbocycles. The molecule has 0 bridgehead atoms. The lowest BCUT2D eigenvalue weighted by Gasteiger charge is -2.04. The molecule has 6 nitrogen and oxygen atoms in total. The van der Waals surface area contributed by atoms with Crippen molar-refractivity contribution >= 4 is 39.0 Å². The molecule has 4 rings (SSSR count). The van der Waals surface area contributed by atoms with Crippen LogP contribution in [0.3, 0.4) is 0 Å². The summed E-state index contributed by atoms with van der Waals surface area (Å²) in [5, 5.41) is 7.72. The molecule has 0 radical (unpaired) electrons. The van der Waals surface area contributed by atoms with Gasteiger partial charge in [-0.2, -0.15) is 0 Å². The van der Waals surface area contributed by atoms with Gasteiger partial charge in [0.15, 0.2) is 11.5 Å². The molecule has 3 N–H and O–H groups in total. The Balaban J connectivity index is 1.86. The highest BCUT2D eigenvalue weighted by molar-refractivity contribution is 9.10. The quantitative estimate of drug-likeness (QED) is 0.741. The average Bonchev–Trinajstić information content (AvgIpc) is 3.12. The van der Waals surface area contributed by atoms with E-state index in [-0.39, 0.29) is 0 Å². The van der Waals surface area contributed by atoms with Crippen LogP contribution < -0.4 is 11.1 Å². The first-order valence-corrected chi connectivity index (χ1v) is 8.14. The highest BCUT2D eigenvalue weighted by Gasteiger charge is 2.23. The molecule has 1 aromatic carbocycles. The molecule has 2 aromatic heterocycles. The maximum absolute atomic E-state index is 11.9. The molecule has 23 heavy (non-hydrogen) atoms. The lowest BCUT2D eigenvalue weighted by Crippen LogP contribution is -2.13. The Kier molecular flexibility index (Phi) is 3.30. The van der Waals surface area contributed by atoms with E-state index in [0.29, 0.717) is 17.0 Å². The number of halogens is 1. The van der Waals surface area contributed by atoms with Gasteiger partial charge in [-0.05, 0) is 49.1 Å². The number of primary amides is 1. The number of aromatic nitrogens is 3. The first kappa shape index (κ1) is 14.2. The summed E-state index contributed by atoms with van der Waals surface area (Å²) in [5.74, 6) is -0.0994. The molecule has 0 spiro atoms. The lowest BCUT2D eigenvalue weighted by molar-refractivity contribution is 0.100. The molecule has 0 saturated carbocycles. The van der Waals surface area contributed by atoms with Crippen molar-refractivity contribution in [1.82, 2.24) is 14.6 Å². The molecule has 0 saturated heterocycles. The first-order chi connectivity index (χ1) is 11.1. The summed E-state index contributed by atoms with van der Waals surface area (Å²) in [7, 11) is 0. The monoisotopic (exact) mass is 371 g/mol. The zero-order chi connectivity index (χ0) is 16.0. The number of hydrogen-bond donors (Lipinski definition) is 2. The van der Waals surface area contributed by atoms with Crippen LogP contribution >= 0.6 is 15.9 Å². The van der Waals surface area contributed by atoms with Crippen LogP contribution in [0.5, 0.6) is 0 Å². The minimum atomic E-state index is -0.537. The van der Waals surface area contributed by atoms with E-state index >= 15 is 0 Å². The van der Waals surface area contributed by atoms with Crippen molar-refractivity contribution in [2.75, 3.05) is 5.32 Å². The van der Waals surface area contributed by atoms with Gasteiger partial charge >= 0.3 is 0 Å². The number of nitrogens with one attached hydrogen (secondary N) is 1. The highest BCUT2D eigenvalue weighted by Crippen LogP contribution is 2.28. The van der Waals surface area contributed by atoms with Crippen LogP contribution in [0.4, 0.5) is 11.5 Å². The van der Waals surface area contributed by atoms with Crippen molar-refractivity contribution in [2.24, 2.45) is 5.73 Å². The summed E-state index contributed by atoms with van der Waals surface area (Å²) in [6.45, 7) is 0. The zero-order valence-electron chi connectivity index (χ0n) is 12.2. The Morgan fingerprint density at radius 3 is 2.78 bits per heavy atom. The maximum Gasteiger partial charge on any atom is 0.256 e. The number of fused-ring (bicyclic) bond motifs is 3. The molecule has 116 valence electrons. The predicted octanol–water partition coefficient (Wildman–Crippen LogP) is 2.82. The molecule has 0 unspecified atom stereocenters. The third-order valence-electron chi connectivity index (χ3n) is 4.04. The molecule has 3 aromatic rings. The Labute approximate surface area is 140 Å². The molecular formula is C16H14BrN5O. The van der Waals surface area contributed by atoms with Crippen LogP contribution in [0.2, 0.25) is 0 Å². The lowest BCUT2D eigenvalue weighted by atomic mass is 10.2. The van der Waals surface area contributed by atoms with Gasteiger partial charge in [0.2, 0.25) is 0 Å². The van der Waals surface area contributed by atoms with Crippen LogP contribution in [0.25, 0.3) is 5.65 Å². The van der Waals surface area contributed by atoms with Crippen molar-refractivity contribution < 1.29 is 4.79 Å². The van der Waals surface area contributed by atoms with E-state index in [1.807, 2.05) is 30.5 Å². The second-order valence-electron chi connectivity index (χ2n) is 5.54. The summed E-state index contributed by atoms with van der Waals surface area (Å²) < 4.78 is 2.73. The fraction of sp³-hybridized carbons (Fsp3) is 0.188. The number of carbonyl (C=O) groups excluding carboxylic acids is 1. The van der Waals surface area contributed by atoms with Gasteiger partial charge in [-0.25, -0.2) is 9.50 Å². The largest absolute Gasteiger partial charge is 0.365 e. The summed E-state index contributed by atoms with van der Waals surface area (Å²) in [5.41, 5.74) is 9.53. The van der Waals surface area contributed by atoms with Gasteiger partial charge in [-0.1, -0.05) is 15.9 Å². The maximum atomic E-state index is 11.9. The molecule has 1 aliphatic rings. The topological polar surface area (TPSA) is 85.3 Å². The van der Waals surface area contributed by atoms with Crippen molar-refractivity contribution in [3.8, 4) is 0 Å². The number of nitrogens with zero attached hydrogens (tertiary/aromatic N) is 3. The number of rotatable bonds is 3. The van der Waals surface area contributed by atoms with E-state index in [1.54, 1.807) is 4.52 Å². The van der Waals surface area contributed by atoms with Crippen LogP contribution in [-0.2, 0) is 12.8 Å². The smallest absolute Gasteiger partial charge is 0.256 e. The second-order valence-corrected chi connectivity index (χ2v) is 6.45. The number of anilines is 2. The molecule has 0 fully saturated rings. The van der Waals surface area contributed by atoms with Gasteiger partial charge in [-0.3, -0.25) is 4.79 Å². The van der Waals surface area contributed by atoms with E-state index in [9.17, 15) is 4.79 Å². The second kappa shape index (κ2) is 5.34. The third-order valence-corrected chi connectivity index (χ3v) is 4.57. The third kappa shape index (κ3) is 2.37. The van der Waals surface area contributed by atoms with E-state index in [0.717, 1.165) is 35.1 Å². The Bertz CT molecular complexity index is 916. The fourth-order valence-corrected chi connectivity index (χ4v) is 3.24. The van der Waals surface area contributed by atoms with Gasteiger partial charge in [0, 0.05) is 22.1 Å². The Hall–Kier alpha value is -2.41. The van der Waals surface area contributed by atoms with E-state index in [1.165, 1.54) is 5.56 Å². The summed E-state index contributed by atoms with van der Waals surface area (Å²) in [6.07, 6.45) is 4.85. The predicted molar refractivity (Wildman–Crippen MR) is 91.0 cm³/mol. The molecule has 2 heterocycles. The number of nitrogens with two attached hydrogens (primary N) is 1. The van der Waals surface area contributed by atoms with Gasteiger partial charge < -0.3 is 11.1 Å².